The molecule has 10 heteroatoms. The fraction of sp³-hybridized carbons (Fsp3) is 0.150. The van der Waals surface area contributed by atoms with Crippen molar-refractivity contribution in [2.75, 3.05) is 0 Å². The minimum Gasteiger partial charge on any atom is -0.494 e. The van der Waals surface area contributed by atoms with Gasteiger partial charge in [-0.15, -0.1) is 11.8 Å². The normalized spacial score (nSPS) is 15.8. The van der Waals surface area contributed by atoms with Crippen molar-refractivity contribution >= 4 is 28.8 Å². The summed E-state index contributed by atoms with van der Waals surface area (Å²) < 4.78 is 0.948. The van der Waals surface area contributed by atoms with Crippen LogP contribution in [0.4, 0.5) is 11.4 Å². The quantitative estimate of drug-likeness (QED) is 0.491. The van der Waals surface area contributed by atoms with Crippen LogP contribution in [0.1, 0.15) is 22.8 Å². The zero-order chi connectivity index (χ0) is 21.4. The molecule has 152 valence electrons. The Morgan fingerprint density at radius 2 is 1.90 bits per heavy atom. The summed E-state index contributed by atoms with van der Waals surface area (Å²) in [5.74, 6) is -0.464. The number of aromatic hydroxyl groups is 1. The molecule has 2 N–H and O–H groups in total. The van der Waals surface area contributed by atoms with Gasteiger partial charge in [0.1, 0.15) is 5.56 Å². The van der Waals surface area contributed by atoms with E-state index < -0.39 is 22.1 Å². The van der Waals surface area contributed by atoms with Crippen LogP contribution in [0.15, 0.2) is 68.0 Å². The molecular weight excluding hydrogens is 408 g/mol. The van der Waals surface area contributed by atoms with Crippen LogP contribution in [0.2, 0.25) is 0 Å². The number of benzene rings is 2. The number of fused-ring (bicyclic) bond motifs is 1. The maximum absolute atomic E-state index is 12.5. The highest BCUT2D eigenvalue weighted by Crippen LogP contribution is 2.45. The van der Waals surface area contributed by atoms with Crippen LogP contribution in [-0.4, -0.2) is 25.3 Å². The van der Waals surface area contributed by atoms with Crippen LogP contribution < -0.4 is 11.2 Å². The SMILES string of the molecule is Cn1c(O)c(C2=Nc3ccccc3SC(c3ccc([N+](=O)[O-])cc3)C2)c(=O)[nH]c1=O. The highest BCUT2D eigenvalue weighted by Gasteiger charge is 2.27. The molecule has 1 aliphatic rings. The summed E-state index contributed by atoms with van der Waals surface area (Å²) in [4.78, 5) is 42.5. The van der Waals surface area contributed by atoms with Gasteiger partial charge < -0.3 is 5.11 Å². The number of nitro groups is 1. The third-order valence-electron chi connectivity index (χ3n) is 4.83. The molecule has 0 aliphatic carbocycles. The maximum atomic E-state index is 12.5. The second kappa shape index (κ2) is 7.64. The zero-order valence-electron chi connectivity index (χ0n) is 15.7. The van der Waals surface area contributed by atoms with E-state index in [2.05, 4.69) is 9.98 Å². The van der Waals surface area contributed by atoms with Crippen LogP contribution in [0.5, 0.6) is 5.88 Å². The molecule has 30 heavy (non-hydrogen) atoms. The van der Waals surface area contributed by atoms with Gasteiger partial charge in [-0.3, -0.25) is 29.5 Å². The van der Waals surface area contributed by atoms with Crippen LogP contribution in [-0.2, 0) is 7.05 Å². The van der Waals surface area contributed by atoms with Gasteiger partial charge in [0, 0.05) is 35.7 Å². The molecule has 0 radical (unpaired) electrons. The van der Waals surface area contributed by atoms with E-state index in [0.29, 0.717) is 11.4 Å². The van der Waals surface area contributed by atoms with Gasteiger partial charge in [-0.25, -0.2) is 4.79 Å². The van der Waals surface area contributed by atoms with Crippen molar-refractivity contribution in [1.82, 2.24) is 9.55 Å². The number of thioether (sulfide) groups is 1. The van der Waals surface area contributed by atoms with E-state index in [0.717, 1.165) is 15.0 Å². The first-order valence-electron chi connectivity index (χ1n) is 8.95. The highest BCUT2D eigenvalue weighted by atomic mass is 32.2. The van der Waals surface area contributed by atoms with Crippen LogP contribution in [0.25, 0.3) is 0 Å². The average molecular weight is 424 g/mol. The summed E-state index contributed by atoms with van der Waals surface area (Å²) in [6.07, 6.45) is 0.270. The number of nitrogens with one attached hydrogen (secondary N) is 1. The molecule has 0 fully saturated rings. The molecule has 0 spiro atoms. The topological polar surface area (TPSA) is 131 Å². The van der Waals surface area contributed by atoms with Crippen molar-refractivity contribution in [1.29, 1.82) is 0 Å². The van der Waals surface area contributed by atoms with E-state index in [1.165, 1.54) is 30.9 Å². The van der Waals surface area contributed by atoms with Crippen molar-refractivity contribution in [2.45, 2.75) is 16.6 Å². The van der Waals surface area contributed by atoms with Gasteiger partial charge in [0.2, 0.25) is 5.88 Å². The van der Waals surface area contributed by atoms with Crippen LogP contribution in [0.3, 0.4) is 0 Å². The molecule has 1 unspecified atom stereocenters. The number of aromatic amines is 1. The number of hydrogen-bond donors (Lipinski definition) is 2. The molecule has 0 amide bonds. The molecule has 1 aliphatic heterocycles. The first kappa shape index (κ1) is 19.6. The largest absolute Gasteiger partial charge is 0.494 e. The summed E-state index contributed by atoms with van der Waals surface area (Å²) in [5.41, 5.74) is 0.244. The number of aromatic nitrogens is 2. The monoisotopic (exact) mass is 424 g/mol. The molecule has 1 atom stereocenters. The van der Waals surface area contributed by atoms with Gasteiger partial charge in [-0.2, -0.15) is 0 Å². The molecule has 2 heterocycles. The average Bonchev–Trinajstić information content (AvgIpc) is 2.92. The molecule has 4 rings (SSSR count). The van der Waals surface area contributed by atoms with Gasteiger partial charge >= 0.3 is 5.69 Å². The Bertz CT molecular complexity index is 1290. The highest BCUT2D eigenvalue weighted by molar-refractivity contribution is 7.99. The first-order chi connectivity index (χ1) is 14.3. The summed E-state index contributed by atoms with van der Waals surface area (Å²) >= 11 is 1.52. The molecule has 0 saturated carbocycles. The summed E-state index contributed by atoms with van der Waals surface area (Å²) in [6, 6.07) is 13.6. The van der Waals surface area contributed by atoms with E-state index in [-0.39, 0.29) is 22.9 Å². The maximum Gasteiger partial charge on any atom is 0.330 e. The summed E-state index contributed by atoms with van der Waals surface area (Å²) in [6.45, 7) is 0. The van der Waals surface area contributed by atoms with Gasteiger partial charge in [-0.1, -0.05) is 24.3 Å². The number of rotatable bonds is 3. The summed E-state index contributed by atoms with van der Waals surface area (Å²) in [5, 5.41) is 21.2. The van der Waals surface area contributed by atoms with E-state index in [9.17, 15) is 24.8 Å². The number of aliphatic imine (C=N–C) groups is 1. The number of non-ortho nitro benzene ring substituents is 1. The first-order valence-corrected chi connectivity index (χ1v) is 9.83. The number of nitro benzene ring substituents is 1. The zero-order valence-corrected chi connectivity index (χ0v) is 16.5. The molecule has 2 aromatic carbocycles. The van der Waals surface area contributed by atoms with Crippen molar-refractivity contribution in [3.05, 3.63) is 90.6 Å². The summed E-state index contributed by atoms with van der Waals surface area (Å²) in [7, 11) is 1.35. The predicted molar refractivity (Wildman–Crippen MR) is 113 cm³/mol. The minimum absolute atomic E-state index is 0.0150. The van der Waals surface area contributed by atoms with E-state index >= 15 is 0 Å². The van der Waals surface area contributed by atoms with E-state index in [4.69, 9.17) is 0 Å². The molecule has 0 saturated heterocycles. The van der Waals surface area contributed by atoms with Crippen LogP contribution >= 0.6 is 11.8 Å². The lowest BCUT2D eigenvalue weighted by Gasteiger charge is -2.16. The van der Waals surface area contributed by atoms with Crippen molar-refractivity contribution in [3.63, 3.8) is 0 Å². The second-order valence-electron chi connectivity index (χ2n) is 6.70. The standard InChI is InChI=1S/C20H16N4O5S/c1-23-19(26)17(18(25)22-20(23)27)14-10-16(11-6-8-12(9-7-11)24(28)29)30-15-5-3-2-4-13(15)21-14/h2-9,16,26H,10H2,1H3,(H,22,25,27). The lowest BCUT2D eigenvalue weighted by Crippen LogP contribution is -2.32. The van der Waals surface area contributed by atoms with Gasteiger partial charge in [0.05, 0.1) is 16.3 Å². The van der Waals surface area contributed by atoms with Crippen molar-refractivity contribution < 1.29 is 10.0 Å². The van der Waals surface area contributed by atoms with Crippen molar-refractivity contribution in [3.8, 4) is 5.88 Å². The van der Waals surface area contributed by atoms with E-state index in [1.807, 2.05) is 18.2 Å². The second-order valence-corrected chi connectivity index (χ2v) is 7.95. The molecule has 0 bridgehead atoms. The van der Waals surface area contributed by atoms with Gasteiger partial charge in [0.15, 0.2) is 0 Å². The number of H-pyrrole nitrogens is 1. The molecule has 1 aromatic heterocycles. The van der Waals surface area contributed by atoms with Crippen molar-refractivity contribution in [2.24, 2.45) is 12.0 Å². The number of hydrogen-bond acceptors (Lipinski definition) is 7. The third-order valence-corrected chi connectivity index (χ3v) is 6.15. The third kappa shape index (κ3) is 3.52. The predicted octanol–water partition coefficient (Wildman–Crippen LogP) is 3.05. The Balaban J connectivity index is 1.86. The Hall–Kier alpha value is -3.66. The Morgan fingerprint density at radius 1 is 1.20 bits per heavy atom. The molecular formula is C20H16N4O5S. The molecule has 3 aromatic rings. The Labute approximate surface area is 173 Å². The smallest absolute Gasteiger partial charge is 0.330 e. The Morgan fingerprint density at radius 3 is 2.60 bits per heavy atom. The van der Waals surface area contributed by atoms with E-state index in [1.54, 1.807) is 18.2 Å². The van der Waals surface area contributed by atoms with Crippen LogP contribution in [0, 0.1) is 10.1 Å². The fourth-order valence-electron chi connectivity index (χ4n) is 3.23. The molecule has 9 nitrogen and oxygen atoms in total. The van der Waals surface area contributed by atoms with Gasteiger partial charge in [0.25, 0.3) is 11.2 Å². The number of nitrogens with zero attached hydrogens (tertiary/aromatic N) is 3. The minimum atomic E-state index is -0.725. The number of para-hydroxylation sites is 1. The lowest BCUT2D eigenvalue weighted by molar-refractivity contribution is -0.384. The Kier molecular flexibility index (Phi) is 5.00. The van der Waals surface area contributed by atoms with Gasteiger partial charge in [-0.05, 0) is 17.7 Å². The lowest BCUT2D eigenvalue weighted by atomic mass is 10.0. The fourth-order valence-corrected chi connectivity index (χ4v) is 4.47.